The fraction of sp³-hybridized carbons (Fsp3) is 0.562. The van der Waals surface area contributed by atoms with Crippen molar-refractivity contribution in [3.8, 4) is 0 Å². The van der Waals surface area contributed by atoms with Crippen molar-refractivity contribution in [2.24, 2.45) is 17.1 Å². The van der Waals surface area contributed by atoms with Crippen molar-refractivity contribution in [2.45, 2.75) is 26.3 Å². The van der Waals surface area contributed by atoms with E-state index in [1.807, 2.05) is 30.3 Å². The number of amides is 1. The highest BCUT2D eigenvalue weighted by atomic mass is 16.3. The van der Waals surface area contributed by atoms with Crippen molar-refractivity contribution >= 4 is 5.91 Å². The van der Waals surface area contributed by atoms with Crippen molar-refractivity contribution in [1.82, 2.24) is 4.90 Å². The van der Waals surface area contributed by atoms with Crippen molar-refractivity contribution in [1.29, 1.82) is 0 Å². The zero-order valence-electron chi connectivity index (χ0n) is 12.1. The molecular weight excluding hydrogens is 252 g/mol. The quantitative estimate of drug-likeness (QED) is 0.825. The van der Waals surface area contributed by atoms with Crippen LogP contribution in [0, 0.1) is 11.3 Å². The van der Waals surface area contributed by atoms with Crippen molar-refractivity contribution in [3.05, 3.63) is 35.9 Å². The van der Waals surface area contributed by atoms with Crippen molar-refractivity contribution in [2.75, 3.05) is 19.7 Å². The molecule has 1 aromatic carbocycles. The van der Waals surface area contributed by atoms with Gasteiger partial charge in [0, 0.05) is 19.6 Å². The first-order valence-electron chi connectivity index (χ1n) is 7.25. The van der Waals surface area contributed by atoms with Gasteiger partial charge >= 0.3 is 0 Å². The second-order valence-electron chi connectivity index (χ2n) is 5.93. The van der Waals surface area contributed by atoms with Gasteiger partial charge in [0.1, 0.15) is 0 Å². The molecule has 0 bridgehead atoms. The number of hydrogen-bond acceptors (Lipinski definition) is 3. The summed E-state index contributed by atoms with van der Waals surface area (Å²) in [6, 6.07) is 9.87. The Balaban J connectivity index is 2.10. The summed E-state index contributed by atoms with van der Waals surface area (Å²) < 4.78 is 0. The van der Waals surface area contributed by atoms with Gasteiger partial charge in [0.2, 0.25) is 5.91 Å². The van der Waals surface area contributed by atoms with E-state index in [1.54, 1.807) is 4.90 Å². The molecule has 4 nitrogen and oxygen atoms in total. The third-order valence-corrected chi connectivity index (χ3v) is 4.20. The summed E-state index contributed by atoms with van der Waals surface area (Å²) in [5.74, 6) is 0.659. The van der Waals surface area contributed by atoms with Crippen LogP contribution in [0.1, 0.15) is 25.3 Å². The molecule has 1 saturated carbocycles. The standard InChI is InChI=1S/C16H24N2O2/c1-13-9-16(10-13,12-17)15(20)18(7-8-19)11-14-5-3-2-4-6-14/h2-6,13,19H,7-12,17H2,1H3. The van der Waals surface area contributed by atoms with Gasteiger partial charge in [-0.2, -0.15) is 0 Å². The highest BCUT2D eigenvalue weighted by Gasteiger charge is 2.48. The Bertz CT molecular complexity index is 441. The Morgan fingerprint density at radius 1 is 1.40 bits per heavy atom. The minimum Gasteiger partial charge on any atom is -0.395 e. The van der Waals surface area contributed by atoms with Crippen LogP contribution in [0.5, 0.6) is 0 Å². The van der Waals surface area contributed by atoms with Crippen LogP contribution >= 0.6 is 0 Å². The molecule has 0 heterocycles. The zero-order valence-corrected chi connectivity index (χ0v) is 12.1. The topological polar surface area (TPSA) is 66.6 Å². The maximum atomic E-state index is 12.8. The van der Waals surface area contributed by atoms with Crippen LogP contribution < -0.4 is 5.73 Å². The predicted octanol–water partition coefficient (Wildman–Crippen LogP) is 1.38. The molecule has 0 aliphatic heterocycles. The molecule has 0 aromatic heterocycles. The summed E-state index contributed by atoms with van der Waals surface area (Å²) >= 11 is 0. The van der Waals surface area contributed by atoms with Crippen LogP contribution in [0.4, 0.5) is 0 Å². The molecule has 0 atom stereocenters. The van der Waals surface area contributed by atoms with Gasteiger partial charge in [-0.05, 0) is 24.3 Å². The Labute approximate surface area is 120 Å². The highest BCUT2D eigenvalue weighted by molar-refractivity contribution is 5.84. The largest absolute Gasteiger partial charge is 0.395 e. The van der Waals surface area contributed by atoms with Crippen molar-refractivity contribution in [3.63, 3.8) is 0 Å². The first kappa shape index (κ1) is 15.0. The molecular formula is C16H24N2O2. The Kier molecular flexibility index (Phi) is 4.78. The van der Waals surface area contributed by atoms with E-state index < -0.39 is 5.41 Å². The van der Waals surface area contributed by atoms with Gasteiger partial charge in [0.15, 0.2) is 0 Å². The third-order valence-electron chi connectivity index (χ3n) is 4.20. The lowest BCUT2D eigenvalue weighted by Gasteiger charge is -2.46. The molecule has 3 N–H and O–H groups in total. The number of carbonyl (C=O) groups excluding carboxylic acids is 1. The zero-order chi connectivity index (χ0) is 14.6. The number of nitrogens with zero attached hydrogens (tertiary/aromatic N) is 1. The highest BCUT2D eigenvalue weighted by Crippen LogP contribution is 2.46. The minimum atomic E-state index is -0.399. The molecule has 20 heavy (non-hydrogen) atoms. The fourth-order valence-electron chi connectivity index (χ4n) is 3.22. The van der Waals surface area contributed by atoms with Gasteiger partial charge in [-0.1, -0.05) is 37.3 Å². The number of aliphatic hydroxyl groups is 1. The lowest BCUT2D eigenvalue weighted by Crippen LogP contribution is -2.54. The van der Waals surface area contributed by atoms with Gasteiger partial charge < -0.3 is 15.7 Å². The molecule has 1 fully saturated rings. The predicted molar refractivity (Wildman–Crippen MR) is 78.8 cm³/mol. The molecule has 0 saturated heterocycles. The normalized spacial score (nSPS) is 25.1. The van der Waals surface area contributed by atoms with Gasteiger partial charge in [0.05, 0.1) is 12.0 Å². The third kappa shape index (κ3) is 3.02. The van der Waals surface area contributed by atoms with E-state index in [1.165, 1.54) is 0 Å². The number of hydrogen-bond donors (Lipinski definition) is 2. The monoisotopic (exact) mass is 276 g/mol. The SMILES string of the molecule is CC1CC(CN)(C(=O)N(CCO)Cc2ccccc2)C1. The average Bonchev–Trinajstić information content (AvgIpc) is 2.43. The molecule has 110 valence electrons. The molecule has 0 radical (unpaired) electrons. The van der Waals surface area contributed by atoms with E-state index in [-0.39, 0.29) is 12.5 Å². The summed E-state index contributed by atoms with van der Waals surface area (Å²) in [6.45, 7) is 3.43. The Morgan fingerprint density at radius 3 is 2.55 bits per heavy atom. The lowest BCUT2D eigenvalue weighted by molar-refractivity contribution is -0.150. The van der Waals surface area contributed by atoms with E-state index >= 15 is 0 Å². The molecule has 2 rings (SSSR count). The number of carbonyl (C=O) groups is 1. The average molecular weight is 276 g/mol. The van der Waals surface area contributed by atoms with E-state index in [4.69, 9.17) is 5.73 Å². The fourth-order valence-corrected chi connectivity index (χ4v) is 3.22. The van der Waals surface area contributed by atoms with Crippen LogP contribution in [-0.4, -0.2) is 35.6 Å². The molecule has 1 amide bonds. The number of benzene rings is 1. The first-order valence-corrected chi connectivity index (χ1v) is 7.25. The van der Waals surface area contributed by atoms with Gasteiger partial charge in [-0.15, -0.1) is 0 Å². The smallest absolute Gasteiger partial charge is 0.230 e. The van der Waals surface area contributed by atoms with Gasteiger partial charge in [-0.25, -0.2) is 0 Å². The van der Waals surface area contributed by atoms with E-state index in [2.05, 4.69) is 6.92 Å². The molecule has 4 heteroatoms. The lowest BCUT2D eigenvalue weighted by atomic mass is 9.62. The van der Waals surface area contributed by atoms with E-state index in [0.717, 1.165) is 18.4 Å². The van der Waals surface area contributed by atoms with E-state index in [0.29, 0.717) is 25.6 Å². The van der Waals surface area contributed by atoms with Crippen molar-refractivity contribution < 1.29 is 9.90 Å². The van der Waals surface area contributed by atoms with Crippen LogP contribution in [-0.2, 0) is 11.3 Å². The maximum absolute atomic E-state index is 12.8. The number of aliphatic hydroxyl groups excluding tert-OH is 1. The molecule has 0 unspecified atom stereocenters. The summed E-state index contributed by atoms with van der Waals surface area (Å²) in [5, 5.41) is 9.22. The maximum Gasteiger partial charge on any atom is 0.230 e. The van der Waals surface area contributed by atoms with Gasteiger partial charge in [-0.3, -0.25) is 4.79 Å². The van der Waals surface area contributed by atoms with E-state index in [9.17, 15) is 9.90 Å². The molecule has 1 aliphatic rings. The Hall–Kier alpha value is -1.39. The van der Waals surface area contributed by atoms with Crippen LogP contribution in [0.2, 0.25) is 0 Å². The summed E-state index contributed by atoms with van der Waals surface area (Å²) in [6.07, 6.45) is 1.72. The molecule has 1 aromatic rings. The molecule has 1 aliphatic carbocycles. The summed E-state index contributed by atoms with van der Waals surface area (Å²) in [7, 11) is 0. The summed E-state index contributed by atoms with van der Waals surface area (Å²) in [5.41, 5.74) is 6.53. The minimum absolute atomic E-state index is 0.0191. The van der Waals surface area contributed by atoms with Crippen LogP contribution in [0.25, 0.3) is 0 Å². The number of nitrogens with two attached hydrogens (primary N) is 1. The molecule has 0 spiro atoms. The van der Waals surface area contributed by atoms with Crippen LogP contribution in [0.15, 0.2) is 30.3 Å². The Morgan fingerprint density at radius 2 is 2.05 bits per heavy atom. The summed E-state index contributed by atoms with van der Waals surface area (Å²) in [4.78, 5) is 14.5. The van der Waals surface area contributed by atoms with Gasteiger partial charge in [0.25, 0.3) is 0 Å². The number of rotatable bonds is 6. The van der Waals surface area contributed by atoms with Crippen LogP contribution in [0.3, 0.4) is 0 Å². The first-order chi connectivity index (χ1) is 9.61. The second kappa shape index (κ2) is 6.37. The second-order valence-corrected chi connectivity index (χ2v) is 5.93.